The van der Waals surface area contributed by atoms with Gasteiger partial charge in [-0.05, 0) is 48.9 Å². The fourth-order valence-electron chi connectivity index (χ4n) is 2.31. The van der Waals surface area contributed by atoms with Gasteiger partial charge in [-0.25, -0.2) is 0 Å². The number of aromatic nitrogens is 1. The van der Waals surface area contributed by atoms with Crippen molar-refractivity contribution in [2.24, 2.45) is 5.92 Å². The summed E-state index contributed by atoms with van der Waals surface area (Å²) in [4.78, 5) is 0. The fraction of sp³-hybridized carbons (Fsp3) is 0.417. The Bertz CT molecular complexity index is 457. The molecule has 3 heteroatoms. The Hall–Kier alpha value is -0.930. The Balaban J connectivity index is 1.92. The van der Waals surface area contributed by atoms with Gasteiger partial charge in [0.25, 0.3) is 0 Å². The predicted octanol–water partition coefficient (Wildman–Crippen LogP) is 2.45. The van der Waals surface area contributed by atoms with Gasteiger partial charge in [0.2, 0.25) is 0 Å². The first-order valence-electron chi connectivity index (χ1n) is 5.46. The molecule has 1 atom stereocenters. The van der Waals surface area contributed by atoms with Gasteiger partial charge in [-0.2, -0.15) is 4.37 Å². The van der Waals surface area contributed by atoms with Crippen molar-refractivity contribution >= 4 is 21.6 Å². The van der Waals surface area contributed by atoms with Crippen LogP contribution in [0.15, 0.2) is 24.4 Å². The van der Waals surface area contributed by atoms with Crippen molar-refractivity contribution in [3.63, 3.8) is 0 Å². The van der Waals surface area contributed by atoms with Crippen molar-refractivity contribution in [1.82, 2.24) is 9.69 Å². The van der Waals surface area contributed by atoms with Crippen molar-refractivity contribution in [2.75, 3.05) is 13.1 Å². The summed E-state index contributed by atoms with van der Waals surface area (Å²) in [6, 6.07) is 6.54. The largest absolute Gasteiger partial charge is 0.316 e. The second-order valence-electron chi connectivity index (χ2n) is 4.22. The molecule has 2 aromatic rings. The Morgan fingerprint density at radius 1 is 1.47 bits per heavy atom. The second kappa shape index (κ2) is 3.91. The Morgan fingerprint density at radius 2 is 2.47 bits per heavy atom. The van der Waals surface area contributed by atoms with Crippen LogP contribution in [0, 0.1) is 5.92 Å². The van der Waals surface area contributed by atoms with Gasteiger partial charge >= 0.3 is 0 Å². The van der Waals surface area contributed by atoms with Gasteiger partial charge in [0.05, 0.1) is 4.70 Å². The van der Waals surface area contributed by atoms with E-state index in [-0.39, 0.29) is 0 Å². The highest BCUT2D eigenvalue weighted by Gasteiger charge is 2.16. The molecule has 2 nitrogen and oxygen atoms in total. The van der Waals surface area contributed by atoms with E-state index in [1.165, 1.54) is 41.6 Å². The van der Waals surface area contributed by atoms with Gasteiger partial charge in [-0.15, -0.1) is 0 Å². The van der Waals surface area contributed by atoms with Crippen LogP contribution in [0.1, 0.15) is 12.0 Å². The van der Waals surface area contributed by atoms with Gasteiger partial charge in [0.1, 0.15) is 0 Å². The van der Waals surface area contributed by atoms with E-state index in [4.69, 9.17) is 0 Å². The lowest BCUT2D eigenvalue weighted by molar-refractivity contribution is 0.583. The maximum atomic E-state index is 4.26. The van der Waals surface area contributed by atoms with Crippen LogP contribution in [0.5, 0.6) is 0 Å². The van der Waals surface area contributed by atoms with Crippen molar-refractivity contribution in [1.29, 1.82) is 0 Å². The third kappa shape index (κ3) is 1.77. The summed E-state index contributed by atoms with van der Waals surface area (Å²) < 4.78 is 5.64. The molecule has 1 unspecified atom stereocenters. The molecule has 78 valence electrons. The molecule has 2 heterocycles. The molecule has 0 bridgehead atoms. The maximum absolute atomic E-state index is 4.26. The first-order chi connectivity index (χ1) is 7.43. The van der Waals surface area contributed by atoms with Crippen LogP contribution in [0.4, 0.5) is 0 Å². The number of nitrogens with zero attached hydrogens (tertiary/aromatic N) is 1. The van der Waals surface area contributed by atoms with E-state index < -0.39 is 0 Å². The zero-order valence-corrected chi connectivity index (χ0v) is 9.39. The molecule has 1 aliphatic rings. The maximum Gasteiger partial charge on any atom is 0.0582 e. The molecule has 1 aromatic carbocycles. The molecule has 0 aliphatic carbocycles. The van der Waals surface area contributed by atoms with Crippen molar-refractivity contribution in [3.05, 3.63) is 30.0 Å². The standard InChI is InChI=1S/C12H14N2S/c1-2-10(6-9-4-5-13-7-9)12-11(3-1)8-14-15-12/h1-3,8-9,13H,4-7H2. The summed E-state index contributed by atoms with van der Waals surface area (Å²) in [5.41, 5.74) is 1.48. The molecule has 1 fully saturated rings. The third-order valence-electron chi connectivity index (χ3n) is 3.13. The summed E-state index contributed by atoms with van der Waals surface area (Å²) in [7, 11) is 0. The van der Waals surface area contributed by atoms with E-state index in [9.17, 15) is 0 Å². The minimum Gasteiger partial charge on any atom is -0.316 e. The van der Waals surface area contributed by atoms with Crippen LogP contribution in [0.2, 0.25) is 0 Å². The number of nitrogens with one attached hydrogen (secondary N) is 1. The summed E-state index contributed by atoms with van der Waals surface area (Å²) in [5, 5.41) is 4.72. The van der Waals surface area contributed by atoms with Gasteiger partial charge in [0.15, 0.2) is 0 Å². The van der Waals surface area contributed by atoms with E-state index in [1.54, 1.807) is 11.5 Å². The molecular weight excluding hydrogens is 204 g/mol. The summed E-state index contributed by atoms with van der Waals surface area (Å²) in [5.74, 6) is 0.817. The van der Waals surface area contributed by atoms with Crippen LogP contribution < -0.4 is 5.32 Å². The van der Waals surface area contributed by atoms with Crippen LogP contribution in [0.25, 0.3) is 10.1 Å². The van der Waals surface area contributed by atoms with E-state index in [0.29, 0.717) is 0 Å². The van der Waals surface area contributed by atoms with Gasteiger partial charge in [-0.1, -0.05) is 18.2 Å². The molecule has 1 aromatic heterocycles. The molecule has 0 saturated carbocycles. The topological polar surface area (TPSA) is 24.9 Å². The average Bonchev–Trinajstić information content (AvgIpc) is 2.87. The molecular formula is C12H14N2S. The number of benzene rings is 1. The lowest BCUT2D eigenvalue weighted by Crippen LogP contribution is -2.10. The number of hydrogen-bond acceptors (Lipinski definition) is 3. The summed E-state index contributed by atoms with van der Waals surface area (Å²) in [6.45, 7) is 2.36. The number of hydrogen-bond donors (Lipinski definition) is 1. The monoisotopic (exact) mass is 218 g/mol. The smallest absolute Gasteiger partial charge is 0.0582 e. The average molecular weight is 218 g/mol. The lowest BCUT2D eigenvalue weighted by Gasteiger charge is -2.08. The highest BCUT2D eigenvalue weighted by molar-refractivity contribution is 7.13. The highest BCUT2D eigenvalue weighted by Crippen LogP contribution is 2.25. The van der Waals surface area contributed by atoms with E-state index >= 15 is 0 Å². The molecule has 0 spiro atoms. The normalized spacial score (nSPS) is 21.2. The Morgan fingerprint density at radius 3 is 3.33 bits per heavy atom. The number of rotatable bonds is 2. The van der Waals surface area contributed by atoms with Crippen LogP contribution in [-0.4, -0.2) is 17.5 Å². The van der Waals surface area contributed by atoms with E-state index in [0.717, 1.165) is 5.92 Å². The predicted molar refractivity (Wildman–Crippen MR) is 64.3 cm³/mol. The fourth-order valence-corrected chi connectivity index (χ4v) is 3.08. The summed E-state index contributed by atoms with van der Waals surface area (Å²) in [6.07, 6.45) is 4.48. The zero-order chi connectivity index (χ0) is 10.1. The van der Waals surface area contributed by atoms with Gasteiger partial charge in [0, 0.05) is 11.6 Å². The second-order valence-corrected chi connectivity index (χ2v) is 5.03. The molecule has 1 N–H and O–H groups in total. The third-order valence-corrected chi connectivity index (χ3v) is 4.03. The lowest BCUT2D eigenvalue weighted by atomic mass is 9.98. The zero-order valence-electron chi connectivity index (χ0n) is 8.57. The molecule has 1 saturated heterocycles. The van der Waals surface area contributed by atoms with Crippen LogP contribution in [-0.2, 0) is 6.42 Å². The van der Waals surface area contributed by atoms with Crippen molar-refractivity contribution < 1.29 is 0 Å². The van der Waals surface area contributed by atoms with Crippen LogP contribution in [0.3, 0.4) is 0 Å². The molecule has 0 amide bonds. The SMILES string of the molecule is c1cc(CC2CCNC2)c2sncc2c1. The number of fused-ring (bicyclic) bond motifs is 1. The highest BCUT2D eigenvalue weighted by atomic mass is 32.1. The van der Waals surface area contributed by atoms with Crippen molar-refractivity contribution in [2.45, 2.75) is 12.8 Å². The molecule has 0 radical (unpaired) electrons. The van der Waals surface area contributed by atoms with E-state index in [1.807, 2.05) is 6.20 Å². The van der Waals surface area contributed by atoms with E-state index in [2.05, 4.69) is 27.9 Å². The Kier molecular flexibility index (Phi) is 2.43. The Labute approximate surface area is 93.5 Å². The first-order valence-corrected chi connectivity index (χ1v) is 6.24. The van der Waals surface area contributed by atoms with Gasteiger partial charge in [-0.3, -0.25) is 0 Å². The van der Waals surface area contributed by atoms with Gasteiger partial charge < -0.3 is 5.32 Å². The van der Waals surface area contributed by atoms with Crippen LogP contribution >= 0.6 is 11.5 Å². The minimum absolute atomic E-state index is 0.817. The van der Waals surface area contributed by atoms with Crippen molar-refractivity contribution in [3.8, 4) is 0 Å². The molecule has 15 heavy (non-hydrogen) atoms. The minimum atomic E-state index is 0.817. The summed E-state index contributed by atoms with van der Waals surface area (Å²) >= 11 is 1.63. The molecule has 1 aliphatic heterocycles. The quantitative estimate of drug-likeness (QED) is 0.837. The molecule has 3 rings (SSSR count). The first kappa shape index (κ1) is 9.31.